The van der Waals surface area contributed by atoms with E-state index >= 15 is 0 Å². The fourth-order valence-electron chi connectivity index (χ4n) is 3.75. The van der Waals surface area contributed by atoms with Gasteiger partial charge in [-0.2, -0.15) is 5.10 Å². The highest BCUT2D eigenvalue weighted by molar-refractivity contribution is 5.92. The molecule has 23 heavy (non-hydrogen) atoms. The molecule has 3 fully saturated rings. The SMILES string of the molecule is O=C(NC1CCC1)[C@@H]1CC[C@@H]2[C@@H](CCN2C(=O)c2ccn[nH]2)O1. The van der Waals surface area contributed by atoms with Crippen LogP contribution in [0.4, 0.5) is 0 Å². The number of ether oxygens (including phenoxy) is 1. The van der Waals surface area contributed by atoms with Crippen LogP contribution in [0.1, 0.15) is 49.0 Å². The minimum absolute atomic E-state index is 0.0199. The first-order chi connectivity index (χ1) is 11.2. The van der Waals surface area contributed by atoms with Crippen LogP contribution in [-0.2, 0) is 9.53 Å². The first-order valence-electron chi connectivity index (χ1n) is 8.48. The van der Waals surface area contributed by atoms with E-state index in [1.807, 2.05) is 4.90 Å². The summed E-state index contributed by atoms with van der Waals surface area (Å²) in [6.07, 6.45) is 6.82. The van der Waals surface area contributed by atoms with E-state index in [0.717, 1.165) is 25.7 Å². The van der Waals surface area contributed by atoms with Gasteiger partial charge in [-0.1, -0.05) is 0 Å². The van der Waals surface area contributed by atoms with Gasteiger partial charge in [-0.3, -0.25) is 14.7 Å². The number of amides is 2. The number of carbonyl (C=O) groups is 2. The Balaban J connectivity index is 1.36. The molecule has 1 aromatic rings. The van der Waals surface area contributed by atoms with Gasteiger partial charge < -0.3 is 15.0 Å². The maximum Gasteiger partial charge on any atom is 0.272 e. The summed E-state index contributed by atoms with van der Waals surface area (Å²) in [4.78, 5) is 26.6. The Morgan fingerprint density at radius 2 is 2.13 bits per heavy atom. The van der Waals surface area contributed by atoms with Crippen molar-refractivity contribution >= 4 is 11.8 Å². The van der Waals surface area contributed by atoms with Gasteiger partial charge in [0.15, 0.2) is 0 Å². The van der Waals surface area contributed by atoms with Gasteiger partial charge in [-0.05, 0) is 44.6 Å². The van der Waals surface area contributed by atoms with Crippen molar-refractivity contribution in [2.24, 2.45) is 0 Å². The summed E-state index contributed by atoms with van der Waals surface area (Å²) in [5.74, 6) is -0.0116. The monoisotopic (exact) mass is 318 g/mol. The van der Waals surface area contributed by atoms with Gasteiger partial charge in [-0.25, -0.2) is 0 Å². The van der Waals surface area contributed by atoms with Crippen molar-refractivity contribution in [1.29, 1.82) is 0 Å². The zero-order chi connectivity index (χ0) is 15.8. The van der Waals surface area contributed by atoms with Crippen LogP contribution in [0.3, 0.4) is 0 Å². The zero-order valence-electron chi connectivity index (χ0n) is 13.0. The molecule has 3 heterocycles. The van der Waals surface area contributed by atoms with E-state index in [-0.39, 0.29) is 30.1 Å². The van der Waals surface area contributed by atoms with Crippen LogP contribution in [0.15, 0.2) is 12.3 Å². The highest BCUT2D eigenvalue weighted by atomic mass is 16.5. The van der Waals surface area contributed by atoms with E-state index in [2.05, 4.69) is 15.5 Å². The standard InChI is InChI=1S/C16H22N4O3/c21-15(18-10-2-1-3-10)14-5-4-12-13(23-14)7-9-20(12)16(22)11-6-8-17-19-11/h6,8,10,12-14H,1-5,7,9H2,(H,17,19)(H,18,21)/t12-,13-,14+/m1/s1. The fraction of sp³-hybridized carbons (Fsp3) is 0.688. The molecule has 7 nitrogen and oxygen atoms in total. The summed E-state index contributed by atoms with van der Waals surface area (Å²) in [5, 5.41) is 9.63. The lowest BCUT2D eigenvalue weighted by Gasteiger charge is -2.36. The predicted octanol–water partition coefficient (Wildman–Crippen LogP) is 0.840. The Bertz CT molecular complexity index is 584. The van der Waals surface area contributed by atoms with E-state index in [1.54, 1.807) is 12.3 Å². The average Bonchev–Trinajstić information content (AvgIpc) is 3.18. The molecular formula is C16H22N4O3. The van der Waals surface area contributed by atoms with E-state index in [0.29, 0.717) is 24.7 Å². The predicted molar refractivity (Wildman–Crippen MR) is 81.7 cm³/mol. The van der Waals surface area contributed by atoms with Crippen molar-refractivity contribution in [2.75, 3.05) is 6.54 Å². The molecule has 3 aliphatic rings. The van der Waals surface area contributed by atoms with Crippen molar-refractivity contribution in [3.05, 3.63) is 18.0 Å². The minimum atomic E-state index is -0.362. The van der Waals surface area contributed by atoms with Gasteiger partial charge in [0.05, 0.1) is 12.1 Å². The largest absolute Gasteiger partial charge is 0.363 e. The molecule has 4 rings (SSSR count). The molecule has 0 spiro atoms. The number of aromatic amines is 1. The summed E-state index contributed by atoms with van der Waals surface area (Å²) in [5.41, 5.74) is 0.510. The van der Waals surface area contributed by atoms with Crippen LogP contribution < -0.4 is 5.32 Å². The number of hydrogen-bond acceptors (Lipinski definition) is 4. The molecule has 0 aromatic carbocycles. The summed E-state index contributed by atoms with van der Waals surface area (Å²) in [7, 11) is 0. The Morgan fingerprint density at radius 1 is 1.26 bits per heavy atom. The van der Waals surface area contributed by atoms with Gasteiger partial charge in [0.2, 0.25) is 5.91 Å². The Kier molecular flexibility index (Phi) is 3.80. The third kappa shape index (κ3) is 2.73. The van der Waals surface area contributed by atoms with Gasteiger partial charge >= 0.3 is 0 Å². The molecule has 0 radical (unpaired) electrons. The Morgan fingerprint density at radius 3 is 2.83 bits per heavy atom. The summed E-state index contributed by atoms with van der Waals surface area (Å²) < 4.78 is 6.01. The number of fused-ring (bicyclic) bond motifs is 1. The second-order valence-electron chi connectivity index (χ2n) is 6.70. The first-order valence-corrected chi connectivity index (χ1v) is 8.48. The number of rotatable bonds is 3. The maximum absolute atomic E-state index is 12.5. The highest BCUT2D eigenvalue weighted by Crippen LogP contribution is 2.32. The normalized spacial score (nSPS) is 30.6. The average molecular weight is 318 g/mol. The van der Waals surface area contributed by atoms with Gasteiger partial charge in [0.25, 0.3) is 5.91 Å². The van der Waals surface area contributed by atoms with Crippen molar-refractivity contribution in [1.82, 2.24) is 20.4 Å². The summed E-state index contributed by atoms with van der Waals surface area (Å²) >= 11 is 0. The molecule has 0 bridgehead atoms. The quantitative estimate of drug-likeness (QED) is 0.864. The third-order valence-electron chi connectivity index (χ3n) is 5.28. The number of nitrogens with one attached hydrogen (secondary N) is 2. The highest BCUT2D eigenvalue weighted by Gasteiger charge is 2.44. The van der Waals surface area contributed by atoms with Crippen molar-refractivity contribution in [2.45, 2.75) is 62.8 Å². The zero-order valence-corrected chi connectivity index (χ0v) is 13.0. The second-order valence-corrected chi connectivity index (χ2v) is 6.70. The molecule has 3 atom stereocenters. The molecule has 0 unspecified atom stereocenters. The van der Waals surface area contributed by atoms with Crippen LogP contribution in [-0.4, -0.2) is 57.7 Å². The van der Waals surface area contributed by atoms with Crippen molar-refractivity contribution in [3.63, 3.8) is 0 Å². The molecule has 1 aliphatic carbocycles. The fourth-order valence-corrected chi connectivity index (χ4v) is 3.75. The molecule has 2 saturated heterocycles. The van der Waals surface area contributed by atoms with Gasteiger partial charge in [-0.15, -0.1) is 0 Å². The lowest BCUT2D eigenvalue weighted by Crippen LogP contribution is -2.51. The molecule has 2 aliphatic heterocycles. The van der Waals surface area contributed by atoms with E-state index in [1.165, 1.54) is 6.42 Å². The number of hydrogen-bond donors (Lipinski definition) is 2. The van der Waals surface area contributed by atoms with Crippen LogP contribution in [0.25, 0.3) is 0 Å². The minimum Gasteiger partial charge on any atom is -0.363 e. The Labute approximate surface area is 134 Å². The molecule has 124 valence electrons. The number of H-pyrrole nitrogens is 1. The Hall–Kier alpha value is -1.89. The molecule has 1 aromatic heterocycles. The lowest BCUT2D eigenvalue weighted by molar-refractivity contribution is -0.144. The van der Waals surface area contributed by atoms with E-state index in [4.69, 9.17) is 4.74 Å². The topological polar surface area (TPSA) is 87.3 Å². The molecule has 1 saturated carbocycles. The number of aromatic nitrogens is 2. The smallest absolute Gasteiger partial charge is 0.272 e. The van der Waals surface area contributed by atoms with Crippen LogP contribution in [0.5, 0.6) is 0 Å². The molecule has 7 heteroatoms. The van der Waals surface area contributed by atoms with Crippen molar-refractivity contribution in [3.8, 4) is 0 Å². The first kappa shape index (κ1) is 14.7. The number of likely N-dealkylation sites (tertiary alicyclic amines) is 1. The van der Waals surface area contributed by atoms with Crippen LogP contribution in [0.2, 0.25) is 0 Å². The van der Waals surface area contributed by atoms with E-state index in [9.17, 15) is 9.59 Å². The summed E-state index contributed by atoms with van der Waals surface area (Å²) in [6.45, 7) is 0.671. The van der Waals surface area contributed by atoms with Crippen LogP contribution >= 0.6 is 0 Å². The lowest BCUT2D eigenvalue weighted by atomic mass is 9.92. The number of carbonyl (C=O) groups excluding carboxylic acids is 2. The van der Waals surface area contributed by atoms with Gasteiger partial charge in [0.1, 0.15) is 11.8 Å². The van der Waals surface area contributed by atoms with Crippen LogP contribution in [0, 0.1) is 0 Å². The third-order valence-corrected chi connectivity index (χ3v) is 5.28. The van der Waals surface area contributed by atoms with Crippen molar-refractivity contribution < 1.29 is 14.3 Å². The number of nitrogens with zero attached hydrogens (tertiary/aromatic N) is 2. The molecule has 2 N–H and O–H groups in total. The molecule has 2 amide bonds. The van der Waals surface area contributed by atoms with E-state index < -0.39 is 0 Å². The molecular weight excluding hydrogens is 296 g/mol. The summed E-state index contributed by atoms with van der Waals surface area (Å²) in [6, 6.07) is 2.10. The maximum atomic E-state index is 12.5. The van der Waals surface area contributed by atoms with Gasteiger partial charge in [0, 0.05) is 18.8 Å². The second kappa shape index (κ2) is 5.96.